The molecule has 2 aliphatic heterocycles. The van der Waals surface area contributed by atoms with E-state index in [2.05, 4.69) is 4.74 Å². The summed E-state index contributed by atoms with van der Waals surface area (Å²) < 4.78 is 10.2. The zero-order valence-electron chi connectivity index (χ0n) is 12.9. The fraction of sp³-hybridized carbons (Fsp3) is 0.438. The Labute approximate surface area is 133 Å². The third kappa shape index (κ3) is 2.99. The van der Waals surface area contributed by atoms with E-state index in [1.54, 1.807) is 23.1 Å². The molecule has 2 fully saturated rings. The predicted octanol–water partition coefficient (Wildman–Crippen LogP) is 1.14. The van der Waals surface area contributed by atoms with E-state index in [9.17, 15) is 14.4 Å². The number of rotatable bonds is 5. The molecule has 2 aliphatic rings. The monoisotopic (exact) mass is 318 g/mol. The number of hydrogen-bond acceptors (Lipinski definition) is 5. The molecule has 1 aromatic rings. The molecule has 0 aromatic heterocycles. The van der Waals surface area contributed by atoms with Crippen molar-refractivity contribution in [3.05, 3.63) is 29.8 Å². The molecule has 0 saturated carbocycles. The highest BCUT2D eigenvalue weighted by molar-refractivity contribution is 5.98. The van der Waals surface area contributed by atoms with Crippen molar-refractivity contribution in [2.24, 2.45) is 5.92 Å². The second kappa shape index (κ2) is 6.28. The number of benzene rings is 1. The van der Waals surface area contributed by atoms with Crippen molar-refractivity contribution in [1.29, 1.82) is 0 Å². The first-order valence-electron chi connectivity index (χ1n) is 7.58. The number of carbonyl (C=O) groups excluding carboxylic acids is 3. The van der Waals surface area contributed by atoms with Gasteiger partial charge in [0.1, 0.15) is 5.75 Å². The van der Waals surface area contributed by atoms with Crippen LogP contribution in [-0.4, -0.2) is 60.6 Å². The second-order valence-electron chi connectivity index (χ2n) is 5.56. The highest BCUT2D eigenvalue weighted by Gasteiger charge is 2.38. The first-order valence-corrected chi connectivity index (χ1v) is 7.58. The molecule has 122 valence electrons. The van der Waals surface area contributed by atoms with Gasteiger partial charge < -0.3 is 14.4 Å². The van der Waals surface area contributed by atoms with E-state index in [4.69, 9.17) is 4.74 Å². The van der Waals surface area contributed by atoms with Crippen LogP contribution in [0.4, 0.5) is 4.79 Å². The summed E-state index contributed by atoms with van der Waals surface area (Å²) in [6.45, 7) is 3.50. The number of imide groups is 1. The van der Waals surface area contributed by atoms with Gasteiger partial charge >= 0.3 is 6.09 Å². The standard InChI is InChI=1S/C16H18N2O5/c1-2-22-13-6-4-3-5-12(13)15(20)17-7-11(8-17)9-18-14(19)10-23-16(18)21/h3-6,11H,2,7-10H2,1H3. The van der Waals surface area contributed by atoms with Crippen LogP contribution in [0.3, 0.4) is 0 Å². The van der Waals surface area contributed by atoms with Crippen molar-refractivity contribution in [3.8, 4) is 5.75 Å². The van der Waals surface area contributed by atoms with Gasteiger partial charge in [0.25, 0.3) is 11.8 Å². The Hall–Kier alpha value is -2.57. The second-order valence-corrected chi connectivity index (χ2v) is 5.56. The van der Waals surface area contributed by atoms with Gasteiger partial charge in [0.15, 0.2) is 6.61 Å². The van der Waals surface area contributed by atoms with Crippen LogP contribution in [-0.2, 0) is 9.53 Å². The smallest absolute Gasteiger partial charge is 0.417 e. The van der Waals surface area contributed by atoms with Crippen LogP contribution in [0.25, 0.3) is 0 Å². The summed E-state index contributed by atoms with van der Waals surface area (Å²) in [6, 6.07) is 7.13. The minimum atomic E-state index is -0.596. The lowest BCUT2D eigenvalue weighted by atomic mass is 9.98. The summed E-state index contributed by atoms with van der Waals surface area (Å²) in [5.41, 5.74) is 0.532. The minimum absolute atomic E-state index is 0.0906. The van der Waals surface area contributed by atoms with Gasteiger partial charge in [0, 0.05) is 25.6 Å². The quantitative estimate of drug-likeness (QED) is 0.813. The molecule has 0 atom stereocenters. The lowest BCUT2D eigenvalue weighted by Gasteiger charge is -2.40. The normalized spacial score (nSPS) is 18.0. The molecule has 0 unspecified atom stereocenters. The SMILES string of the molecule is CCOc1ccccc1C(=O)N1CC(CN2C(=O)COC2=O)C1. The van der Waals surface area contributed by atoms with Crippen LogP contribution in [0, 0.1) is 5.92 Å². The van der Waals surface area contributed by atoms with Gasteiger partial charge in [0.05, 0.1) is 12.2 Å². The highest BCUT2D eigenvalue weighted by Crippen LogP contribution is 2.25. The third-order valence-electron chi connectivity index (χ3n) is 3.94. The Morgan fingerprint density at radius 3 is 2.70 bits per heavy atom. The number of hydrogen-bond donors (Lipinski definition) is 0. The van der Waals surface area contributed by atoms with Gasteiger partial charge in [-0.1, -0.05) is 12.1 Å². The molecule has 7 heteroatoms. The summed E-state index contributed by atoms with van der Waals surface area (Å²) in [5.74, 6) is 0.247. The molecule has 2 heterocycles. The Balaban J connectivity index is 1.58. The predicted molar refractivity (Wildman–Crippen MR) is 80.1 cm³/mol. The zero-order valence-corrected chi connectivity index (χ0v) is 12.9. The van der Waals surface area contributed by atoms with Crippen LogP contribution in [0.5, 0.6) is 5.75 Å². The van der Waals surface area contributed by atoms with Gasteiger partial charge in [-0.05, 0) is 19.1 Å². The fourth-order valence-corrected chi connectivity index (χ4v) is 2.76. The van der Waals surface area contributed by atoms with Crippen molar-refractivity contribution in [2.45, 2.75) is 6.92 Å². The van der Waals surface area contributed by atoms with Crippen LogP contribution < -0.4 is 4.74 Å². The van der Waals surface area contributed by atoms with Crippen molar-refractivity contribution >= 4 is 17.9 Å². The molecule has 7 nitrogen and oxygen atoms in total. The van der Waals surface area contributed by atoms with E-state index in [-0.39, 0.29) is 24.3 Å². The molecule has 0 spiro atoms. The Kier molecular flexibility index (Phi) is 4.18. The summed E-state index contributed by atoms with van der Waals surface area (Å²) in [6.07, 6.45) is -0.596. The van der Waals surface area contributed by atoms with E-state index in [0.29, 0.717) is 37.6 Å². The Morgan fingerprint density at radius 1 is 1.30 bits per heavy atom. The fourth-order valence-electron chi connectivity index (χ4n) is 2.76. The van der Waals surface area contributed by atoms with E-state index in [1.807, 2.05) is 13.0 Å². The number of likely N-dealkylation sites (tertiary alicyclic amines) is 1. The number of para-hydroxylation sites is 1. The van der Waals surface area contributed by atoms with Crippen LogP contribution in [0.1, 0.15) is 17.3 Å². The van der Waals surface area contributed by atoms with Crippen molar-refractivity contribution in [1.82, 2.24) is 9.80 Å². The summed E-state index contributed by atoms with van der Waals surface area (Å²) >= 11 is 0. The van der Waals surface area contributed by atoms with Crippen LogP contribution >= 0.6 is 0 Å². The zero-order chi connectivity index (χ0) is 16.4. The molecule has 2 saturated heterocycles. The number of nitrogens with zero attached hydrogens (tertiary/aromatic N) is 2. The van der Waals surface area contributed by atoms with E-state index < -0.39 is 6.09 Å². The maximum Gasteiger partial charge on any atom is 0.417 e. The molecular weight excluding hydrogens is 300 g/mol. The van der Waals surface area contributed by atoms with Gasteiger partial charge in [-0.3, -0.25) is 9.59 Å². The summed E-state index contributed by atoms with van der Waals surface area (Å²) in [5, 5.41) is 0. The molecule has 1 aromatic carbocycles. The van der Waals surface area contributed by atoms with Crippen LogP contribution in [0.2, 0.25) is 0 Å². The Morgan fingerprint density at radius 2 is 2.04 bits per heavy atom. The molecule has 0 radical (unpaired) electrons. The van der Waals surface area contributed by atoms with Crippen molar-refractivity contribution in [3.63, 3.8) is 0 Å². The number of cyclic esters (lactones) is 1. The van der Waals surface area contributed by atoms with Gasteiger partial charge in [-0.15, -0.1) is 0 Å². The molecular formula is C16H18N2O5. The maximum absolute atomic E-state index is 12.5. The largest absolute Gasteiger partial charge is 0.493 e. The van der Waals surface area contributed by atoms with E-state index in [0.717, 1.165) is 4.90 Å². The minimum Gasteiger partial charge on any atom is -0.493 e. The van der Waals surface area contributed by atoms with Gasteiger partial charge in [-0.2, -0.15) is 0 Å². The average molecular weight is 318 g/mol. The first kappa shape index (κ1) is 15.3. The lowest BCUT2D eigenvalue weighted by Crippen LogP contribution is -2.54. The van der Waals surface area contributed by atoms with Gasteiger partial charge in [0.2, 0.25) is 0 Å². The first-order chi connectivity index (χ1) is 11.1. The topological polar surface area (TPSA) is 76.2 Å². The molecule has 3 rings (SSSR count). The third-order valence-corrected chi connectivity index (χ3v) is 3.94. The van der Waals surface area contributed by atoms with Gasteiger partial charge in [-0.25, -0.2) is 9.69 Å². The summed E-state index contributed by atoms with van der Waals surface area (Å²) in [7, 11) is 0. The van der Waals surface area contributed by atoms with Crippen molar-refractivity contribution in [2.75, 3.05) is 32.8 Å². The molecule has 0 aliphatic carbocycles. The number of amides is 3. The average Bonchev–Trinajstić information content (AvgIpc) is 2.82. The number of ether oxygens (including phenoxy) is 2. The summed E-state index contributed by atoms with van der Waals surface area (Å²) in [4.78, 5) is 38.2. The van der Waals surface area contributed by atoms with Crippen molar-refractivity contribution < 1.29 is 23.9 Å². The molecule has 0 N–H and O–H groups in total. The van der Waals surface area contributed by atoms with E-state index in [1.165, 1.54) is 0 Å². The van der Waals surface area contributed by atoms with E-state index >= 15 is 0 Å². The molecule has 23 heavy (non-hydrogen) atoms. The van der Waals surface area contributed by atoms with Crippen LogP contribution in [0.15, 0.2) is 24.3 Å². The maximum atomic E-state index is 12.5. The molecule has 3 amide bonds. The Bertz CT molecular complexity index is 623. The molecule has 0 bridgehead atoms. The lowest BCUT2D eigenvalue weighted by molar-refractivity contribution is -0.126. The number of carbonyl (C=O) groups is 3. The highest BCUT2D eigenvalue weighted by atomic mass is 16.6.